The van der Waals surface area contributed by atoms with Crippen LogP contribution in [0.4, 0.5) is 0 Å². The first-order valence-corrected chi connectivity index (χ1v) is 3.22. The zero-order valence-electron chi connectivity index (χ0n) is 6.94. The van der Waals surface area contributed by atoms with Gasteiger partial charge < -0.3 is 7.43 Å². The van der Waals surface area contributed by atoms with Crippen LogP contribution in [-0.4, -0.2) is 0 Å². The maximum atomic E-state index is 5.69. The second kappa shape index (κ2) is 5.80. The Morgan fingerprint density at radius 2 is 1.82 bits per heavy atom. The van der Waals surface area contributed by atoms with Crippen molar-refractivity contribution in [1.29, 1.82) is 0 Å². The molecule has 0 fully saturated rings. The molecule has 0 unspecified atom stereocenters. The second-order valence-corrected chi connectivity index (χ2v) is 2.60. The minimum Gasteiger partial charge on any atom is -0.358 e. The van der Waals surface area contributed by atoms with Gasteiger partial charge in [0.2, 0.25) is 0 Å². The molecule has 1 aromatic rings. The summed E-state index contributed by atoms with van der Waals surface area (Å²) >= 11 is 5.69. The van der Waals surface area contributed by atoms with Crippen LogP contribution in [0.3, 0.4) is 0 Å². The van der Waals surface area contributed by atoms with Crippen LogP contribution in [0.5, 0.6) is 0 Å². The maximum Gasteiger partial charge on any atom is 2.00 e. The molecular weight excluding hydrogens is 327 g/mol. The van der Waals surface area contributed by atoms with Crippen LogP contribution < -0.4 is 0 Å². The molecule has 0 aromatic heterocycles. The third-order valence-corrected chi connectivity index (χ3v) is 1.32. The van der Waals surface area contributed by atoms with E-state index in [1.165, 1.54) is 5.56 Å². The van der Waals surface area contributed by atoms with E-state index < -0.39 is 0 Å². The minimum absolute atomic E-state index is 0. The molecule has 0 atom stereocenters. The first kappa shape index (κ1) is 13.8. The summed E-state index contributed by atoms with van der Waals surface area (Å²) in [7, 11) is 0. The summed E-state index contributed by atoms with van der Waals surface area (Å²) in [4.78, 5) is 0. The molecule has 0 saturated carbocycles. The molecule has 0 saturated heterocycles. The topological polar surface area (TPSA) is 0 Å². The summed E-state index contributed by atoms with van der Waals surface area (Å²) in [6, 6.07) is 6.92. The third-order valence-electron chi connectivity index (χ3n) is 1.12. The van der Waals surface area contributed by atoms with E-state index in [0.29, 0.717) is 5.02 Å². The Balaban J connectivity index is 0. The fourth-order valence-electron chi connectivity index (χ4n) is 0.844. The van der Waals surface area contributed by atoms with Crippen LogP contribution in [0.25, 0.3) is 0 Å². The van der Waals surface area contributed by atoms with Gasteiger partial charge in [-0.1, -0.05) is 18.9 Å². The Labute approximate surface area is 88.2 Å². The molecule has 60 valence electrons. The van der Waals surface area contributed by atoms with Gasteiger partial charge in [0.1, 0.15) is 0 Å². The first-order chi connectivity index (χ1) is 4.18. The van der Waals surface area contributed by atoms with Gasteiger partial charge in [-0.05, 0) is 0 Å². The van der Waals surface area contributed by atoms with Crippen LogP contribution in [0, 0.1) is 27.3 Å². The van der Waals surface area contributed by atoms with Crippen molar-refractivity contribution < 1.29 is 21.1 Å². The number of halogens is 1. The molecule has 11 heavy (non-hydrogen) atoms. The summed E-state index contributed by atoms with van der Waals surface area (Å²) < 4.78 is 0. The van der Waals surface area contributed by atoms with Gasteiger partial charge in [0.25, 0.3) is 0 Å². The van der Waals surface area contributed by atoms with Crippen LogP contribution >= 0.6 is 11.6 Å². The van der Waals surface area contributed by atoms with Gasteiger partial charge in [-0.15, -0.1) is 17.7 Å². The molecular formula is C9H11ClW. The molecule has 0 aliphatic heterocycles. The number of hydrogen-bond acceptors (Lipinski definition) is 0. The summed E-state index contributed by atoms with van der Waals surface area (Å²) in [6.07, 6.45) is 0. The van der Waals surface area contributed by atoms with E-state index in [4.69, 9.17) is 11.6 Å². The predicted octanol–water partition coefficient (Wildman–Crippen LogP) is 3.20. The molecule has 0 bridgehead atoms. The van der Waals surface area contributed by atoms with Crippen molar-refractivity contribution in [1.82, 2.24) is 0 Å². The Kier molecular flexibility index (Phi) is 7.26. The fourth-order valence-corrected chi connectivity index (χ4v) is 1.16. The summed E-state index contributed by atoms with van der Waals surface area (Å²) in [6.45, 7) is 4.01. The quantitative estimate of drug-likeness (QED) is 0.637. The van der Waals surface area contributed by atoms with E-state index >= 15 is 0 Å². The van der Waals surface area contributed by atoms with Gasteiger partial charge in [0, 0.05) is 0 Å². The number of benzene rings is 1. The third kappa shape index (κ3) is 4.61. The van der Waals surface area contributed by atoms with E-state index in [2.05, 4.69) is 6.07 Å². The summed E-state index contributed by atoms with van der Waals surface area (Å²) in [5.41, 5.74) is 2.29. The standard InChI is InChI=1S/C8H8Cl.CH3.W/c1-6-3-7(2)5-8(9)4-6;;/h3-4H,1-2H3;1H3;/q2*-1;+2. The number of aryl methyl sites for hydroxylation is 2. The van der Waals surface area contributed by atoms with Gasteiger partial charge >= 0.3 is 21.1 Å². The van der Waals surface area contributed by atoms with Crippen molar-refractivity contribution in [3.8, 4) is 0 Å². The Bertz CT molecular complexity index is 170. The maximum absolute atomic E-state index is 5.69. The Hall–Kier alpha value is 0.198. The molecule has 0 nitrogen and oxygen atoms in total. The van der Waals surface area contributed by atoms with E-state index in [1.807, 2.05) is 26.0 Å². The molecule has 0 N–H and O–H groups in total. The zero-order valence-corrected chi connectivity index (χ0v) is 10.6. The van der Waals surface area contributed by atoms with Gasteiger partial charge in [-0.2, -0.15) is 23.3 Å². The van der Waals surface area contributed by atoms with Crippen molar-refractivity contribution >= 4 is 11.6 Å². The van der Waals surface area contributed by atoms with Crippen molar-refractivity contribution in [2.24, 2.45) is 0 Å². The van der Waals surface area contributed by atoms with Crippen LogP contribution in [0.1, 0.15) is 11.1 Å². The normalized spacial score (nSPS) is 7.91. The smallest absolute Gasteiger partial charge is 0.358 e. The molecule has 1 aromatic carbocycles. The number of hydrogen-bond donors (Lipinski definition) is 0. The van der Waals surface area contributed by atoms with E-state index in [0.717, 1.165) is 5.56 Å². The molecule has 2 heteroatoms. The SMILES string of the molecule is Cc1[c-]c(Cl)cc(C)c1.[CH3-].[W+2]. The van der Waals surface area contributed by atoms with Crippen molar-refractivity contribution in [2.75, 3.05) is 0 Å². The van der Waals surface area contributed by atoms with E-state index in [9.17, 15) is 0 Å². The molecule has 0 radical (unpaired) electrons. The summed E-state index contributed by atoms with van der Waals surface area (Å²) in [5, 5.41) is 0.701. The van der Waals surface area contributed by atoms with Gasteiger partial charge in [0.15, 0.2) is 0 Å². The van der Waals surface area contributed by atoms with Crippen molar-refractivity contribution in [3.05, 3.63) is 41.8 Å². The molecule has 1 rings (SSSR count). The molecule has 0 spiro atoms. The average molecular weight is 338 g/mol. The van der Waals surface area contributed by atoms with Crippen LogP contribution in [0.2, 0.25) is 5.02 Å². The van der Waals surface area contributed by atoms with Crippen molar-refractivity contribution in [3.63, 3.8) is 0 Å². The van der Waals surface area contributed by atoms with E-state index in [1.54, 1.807) is 0 Å². The minimum atomic E-state index is 0. The van der Waals surface area contributed by atoms with Crippen LogP contribution in [0.15, 0.2) is 12.1 Å². The average Bonchev–Trinajstić information content (AvgIpc) is 1.59. The monoisotopic (exact) mass is 338 g/mol. The Morgan fingerprint density at radius 3 is 2.18 bits per heavy atom. The first-order valence-electron chi connectivity index (χ1n) is 2.84. The molecule has 0 heterocycles. The Morgan fingerprint density at radius 1 is 1.27 bits per heavy atom. The number of rotatable bonds is 0. The largest absolute Gasteiger partial charge is 2.00 e. The fraction of sp³-hybridized carbons (Fsp3) is 0.222. The van der Waals surface area contributed by atoms with Gasteiger partial charge in [-0.25, -0.2) is 0 Å². The molecule has 0 aliphatic rings. The second-order valence-electron chi connectivity index (χ2n) is 2.19. The molecule has 0 aliphatic carbocycles. The van der Waals surface area contributed by atoms with Gasteiger partial charge in [-0.3, -0.25) is 0 Å². The predicted molar refractivity (Wildman–Crippen MR) is 46.2 cm³/mol. The zero-order chi connectivity index (χ0) is 6.85. The molecule has 0 amide bonds. The summed E-state index contributed by atoms with van der Waals surface area (Å²) in [5.74, 6) is 0. The van der Waals surface area contributed by atoms with Crippen LogP contribution in [-0.2, 0) is 21.1 Å². The van der Waals surface area contributed by atoms with Gasteiger partial charge in [0.05, 0.1) is 0 Å². The van der Waals surface area contributed by atoms with E-state index in [-0.39, 0.29) is 28.5 Å². The van der Waals surface area contributed by atoms with Crippen molar-refractivity contribution in [2.45, 2.75) is 13.8 Å².